The van der Waals surface area contributed by atoms with Gasteiger partial charge in [0.25, 0.3) is 0 Å². The van der Waals surface area contributed by atoms with Gasteiger partial charge in [-0.1, -0.05) is 19.4 Å². The fourth-order valence-electron chi connectivity index (χ4n) is 2.47. The molecule has 114 valence electrons. The summed E-state index contributed by atoms with van der Waals surface area (Å²) in [5.41, 5.74) is 0.810. The molecule has 0 saturated carbocycles. The van der Waals surface area contributed by atoms with E-state index in [1.165, 1.54) is 0 Å². The second-order valence-corrected chi connectivity index (χ2v) is 5.28. The molecule has 5 nitrogen and oxygen atoms in total. The lowest BCUT2D eigenvalue weighted by Gasteiger charge is -2.18. The molecule has 0 spiro atoms. The van der Waals surface area contributed by atoms with Crippen molar-refractivity contribution in [2.45, 2.75) is 38.6 Å². The number of carbonyl (C=O) groups excluding carboxylic acids is 2. The van der Waals surface area contributed by atoms with Crippen molar-refractivity contribution in [3.8, 4) is 5.75 Å². The lowest BCUT2D eigenvalue weighted by molar-refractivity contribution is -0.121. The number of carbonyl (C=O) groups is 2. The van der Waals surface area contributed by atoms with Crippen molar-refractivity contribution in [2.75, 3.05) is 18.6 Å². The van der Waals surface area contributed by atoms with E-state index in [-0.39, 0.29) is 17.9 Å². The van der Waals surface area contributed by atoms with Crippen LogP contribution in [0.5, 0.6) is 5.75 Å². The van der Waals surface area contributed by atoms with Crippen LogP contribution in [0.15, 0.2) is 24.3 Å². The summed E-state index contributed by atoms with van der Waals surface area (Å²) >= 11 is 0. The van der Waals surface area contributed by atoms with Gasteiger partial charge < -0.3 is 15.0 Å². The summed E-state index contributed by atoms with van der Waals surface area (Å²) in [6, 6.07) is 7.30. The van der Waals surface area contributed by atoms with Gasteiger partial charge in [0.05, 0.1) is 13.2 Å². The van der Waals surface area contributed by atoms with Gasteiger partial charge in [-0.25, -0.2) is 0 Å². The van der Waals surface area contributed by atoms with Gasteiger partial charge >= 0.3 is 0 Å². The fourth-order valence-corrected chi connectivity index (χ4v) is 2.47. The van der Waals surface area contributed by atoms with E-state index in [9.17, 15) is 9.59 Å². The van der Waals surface area contributed by atoms with Crippen LogP contribution in [0, 0.1) is 0 Å². The summed E-state index contributed by atoms with van der Waals surface area (Å²) in [4.78, 5) is 25.6. The quantitative estimate of drug-likeness (QED) is 0.873. The Labute approximate surface area is 125 Å². The Hall–Kier alpha value is -2.04. The van der Waals surface area contributed by atoms with Crippen LogP contribution in [0.3, 0.4) is 0 Å². The Bertz CT molecular complexity index is 516. The summed E-state index contributed by atoms with van der Waals surface area (Å²) in [5, 5.41) is 2.94. The van der Waals surface area contributed by atoms with Gasteiger partial charge in [0, 0.05) is 31.1 Å². The van der Waals surface area contributed by atoms with Crippen LogP contribution >= 0.6 is 0 Å². The average Bonchev–Trinajstić information content (AvgIpc) is 2.85. The summed E-state index contributed by atoms with van der Waals surface area (Å²) in [5.74, 6) is 0.780. The number of nitrogens with zero attached hydrogens (tertiary/aromatic N) is 1. The van der Waals surface area contributed by atoms with Gasteiger partial charge in [-0.3, -0.25) is 9.59 Å². The molecule has 1 fully saturated rings. The number of methoxy groups -OCH3 is 1. The molecule has 1 aliphatic heterocycles. The topological polar surface area (TPSA) is 58.6 Å². The molecule has 0 bridgehead atoms. The molecule has 0 unspecified atom stereocenters. The molecule has 1 heterocycles. The van der Waals surface area contributed by atoms with E-state index in [2.05, 4.69) is 12.2 Å². The lowest BCUT2D eigenvalue weighted by Crippen LogP contribution is -2.37. The first kappa shape index (κ1) is 15.4. The average molecular weight is 290 g/mol. The van der Waals surface area contributed by atoms with Crippen molar-refractivity contribution in [1.82, 2.24) is 5.32 Å². The van der Waals surface area contributed by atoms with Crippen molar-refractivity contribution in [3.05, 3.63) is 24.3 Å². The van der Waals surface area contributed by atoms with Crippen molar-refractivity contribution in [1.29, 1.82) is 0 Å². The van der Waals surface area contributed by atoms with Crippen LogP contribution in [0.25, 0.3) is 0 Å². The Morgan fingerprint density at radius 2 is 2.29 bits per heavy atom. The van der Waals surface area contributed by atoms with Crippen LogP contribution < -0.4 is 15.0 Å². The maximum absolute atomic E-state index is 12.1. The maximum Gasteiger partial charge on any atom is 0.229 e. The second kappa shape index (κ2) is 7.11. The summed E-state index contributed by atoms with van der Waals surface area (Å²) in [7, 11) is 1.60. The number of nitrogens with one attached hydrogen (secondary N) is 1. The van der Waals surface area contributed by atoms with Gasteiger partial charge in [-0.05, 0) is 18.6 Å². The molecule has 0 aliphatic carbocycles. The molecule has 2 amide bonds. The highest BCUT2D eigenvalue weighted by Crippen LogP contribution is 2.25. The zero-order chi connectivity index (χ0) is 15.2. The number of ether oxygens (including phenoxy) is 1. The van der Waals surface area contributed by atoms with E-state index in [1.807, 2.05) is 24.3 Å². The minimum atomic E-state index is -0.104. The van der Waals surface area contributed by atoms with Crippen molar-refractivity contribution < 1.29 is 14.3 Å². The maximum atomic E-state index is 12.1. The monoisotopic (exact) mass is 290 g/mol. The molecular weight excluding hydrogens is 268 g/mol. The molecular formula is C16H22N2O3. The van der Waals surface area contributed by atoms with Crippen molar-refractivity contribution in [2.24, 2.45) is 0 Å². The highest BCUT2D eigenvalue weighted by atomic mass is 16.5. The number of anilines is 1. The second-order valence-electron chi connectivity index (χ2n) is 5.28. The molecule has 0 radical (unpaired) electrons. The number of unbranched alkanes of at least 4 members (excludes halogenated alkanes) is 1. The van der Waals surface area contributed by atoms with Gasteiger partial charge in [0.1, 0.15) is 5.75 Å². The summed E-state index contributed by atoms with van der Waals surface area (Å²) in [6.45, 7) is 2.57. The number of hydrogen-bond donors (Lipinski definition) is 1. The van der Waals surface area contributed by atoms with Crippen LogP contribution in [0.4, 0.5) is 5.69 Å². The number of amides is 2. The molecule has 5 heteroatoms. The smallest absolute Gasteiger partial charge is 0.229 e. The van der Waals surface area contributed by atoms with E-state index in [4.69, 9.17) is 4.74 Å². The Morgan fingerprint density at radius 1 is 1.48 bits per heavy atom. The number of hydrogen-bond acceptors (Lipinski definition) is 3. The fraction of sp³-hybridized carbons (Fsp3) is 0.500. The van der Waals surface area contributed by atoms with E-state index >= 15 is 0 Å². The molecule has 1 aromatic rings. The van der Waals surface area contributed by atoms with Gasteiger partial charge in [-0.15, -0.1) is 0 Å². The lowest BCUT2D eigenvalue weighted by atomic mass is 10.2. The summed E-state index contributed by atoms with van der Waals surface area (Å²) in [6.07, 6.45) is 2.76. The zero-order valence-corrected chi connectivity index (χ0v) is 12.6. The first-order valence-electron chi connectivity index (χ1n) is 7.37. The molecule has 21 heavy (non-hydrogen) atoms. The normalized spacial score (nSPS) is 17.9. The third-order valence-corrected chi connectivity index (χ3v) is 3.61. The minimum absolute atomic E-state index is 0.0298. The predicted octanol–water partition coefficient (Wildman–Crippen LogP) is 2.11. The largest absolute Gasteiger partial charge is 0.497 e. The van der Waals surface area contributed by atoms with E-state index in [0.717, 1.165) is 24.3 Å². The highest BCUT2D eigenvalue weighted by molar-refractivity contribution is 5.97. The van der Waals surface area contributed by atoms with Crippen LogP contribution in [-0.2, 0) is 9.59 Å². The zero-order valence-electron chi connectivity index (χ0n) is 12.6. The van der Waals surface area contributed by atoms with Crippen LogP contribution in [-0.4, -0.2) is 31.5 Å². The summed E-state index contributed by atoms with van der Waals surface area (Å²) < 4.78 is 5.18. The standard InChI is InChI=1S/C16H22N2O3/c1-3-4-8-15(19)17-12-9-16(20)18(11-12)13-6-5-7-14(10-13)21-2/h5-7,10,12H,3-4,8-9,11H2,1-2H3,(H,17,19)/t12-/m1/s1. The van der Waals surface area contributed by atoms with Crippen molar-refractivity contribution in [3.63, 3.8) is 0 Å². The minimum Gasteiger partial charge on any atom is -0.497 e. The molecule has 2 rings (SSSR count). The first-order valence-corrected chi connectivity index (χ1v) is 7.37. The van der Waals surface area contributed by atoms with Gasteiger partial charge in [0.2, 0.25) is 11.8 Å². The van der Waals surface area contributed by atoms with Gasteiger partial charge in [0.15, 0.2) is 0 Å². The Kier molecular flexibility index (Phi) is 5.20. The Morgan fingerprint density at radius 3 is 3.00 bits per heavy atom. The SMILES string of the molecule is CCCCC(=O)N[C@@H]1CC(=O)N(c2cccc(OC)c2)C1. The first-order chi connectivity index (χ1) is 10.1. The molecule has 0 aromatic heterocycles. The highest BCUT2D eigenvalue weighted by Gasteiger charge is 2.31. The van der Waals surface area contributed by atoms with E-state index in [0.29, 0.717) is 19.4 Å². The third-order valence-electron chi connectivity index (χ3n) is 3.61. The third kappa shape index (κ3) is 3.97. The molecule has 1 N–H and O–H groups in total. The van der Waals surface area contributed by atoms with E-state index in [1.54, 1.807) is 12.0 Å². The van der Waals surface area contributed by atoms with Crippen LogP contribution in [0.2, 0.25) is 0 Å². The van der Waals surface area contributed by atoms with E-state index < -0.39 is 0 Å². The predicted molar refractivity (Wildman–Crippen MR) is 81.4 cm³/mol. The van der Waals surface area contributed by atoms with Crippen LogP contribution in [0.1, 0.15) is 32.6 Å². The number of rotatable bonds is 6. The van der Waals surface area contributed by atoms with Crippen molar-refractivity contribution >= 4 is 17.5 Å². The van der Waals surface area contributed by atoms with Gasteiger partial charge in [-0.2, -0.15) is 0 Å². The molecule has 1 aromatic carbocycles. The number of benzene rings is 1. The molecule has 1 aliphatic rings. The molecule has 1 atom stereocenters. The molecule has 1 saturated heterocycles. The Balaban J connectivity index is 1.97.